The molecule has 0 atom stereocenters. The van der Waals surface area contributed by atoms with Crippen molar-refractivity contribution in [2.75, 3.05) is 26.3 Å². The van der Waals surface area contributed by atoms with Crippen molar-refractivity contribution in [2.45, 2.75) is 0 Å². The Balaban J connectivity index is 2.14. The fourth-order valence-corrected chi connectivity index (χ4v) is 1.57. The first-order valence-electron chi connectivity index (χ1n) is 5.51. The van der Waals surface area contributed by atoms with Crippen LogP contribution in [0.1, 0.15) is 5.56 Å². The summed E-state index contributed by atoms with van der Waals surface area (Å²) >= 11 is 0. The van der Waals surface area contributed by atoms with E-state index in [-0.39, 0.29) is 11.4 Å². The van der Waals surface area contributed by atoms with Gasteiger partial charge in [0.05, 0.1) is 37.4 Å². The van der Waals surface area contributed by atoms with E-state index in [1.165, 1.54) is 24.4 Å². The zero-order valence-corrected chi connectivity index (χ0v) is 9.65. The van der Waals surface area contributed by atoms with E-state index in [0.717, 1.165) is 0 Å². The van der Waals surface area contributed by atoms with Crippen molar-refractivity contribution in [1.29, 1.82) is 0 Å². The van der Waals surface area contributed by atoms with Gasteiger partial charge < -0.3 is 9.84 Å². The maximum Gasteiger partial charge on any atom is 0.270 e. The lowest BCUT2D eigenvalue weighted by Gasteiger charge is -2.23. The van der Waals surface area contributed by atoms with Gasteiger partial charge in [0.15, 0.2) is 0 Å². The topological polar surface area (TPSA) is 88.2 Å². The Morgan fingerprint density at radius 2 is 2.17 bits per heavy atom. The van der Waals surface area contributed by atoms with Crippen molar-refractivity contribution in [3.8, 4) is 5.75 Å². The molecule has 0 aliphatic carbocycles. The summed E-state index contributed by atoms with van der Waals surface area (Å²) in [6.07, 6.45) is 1.42. The first-order valence-corrected chi connectivity index (χ1v) is 5.51. The van der Waals surface area contributed by atoms with E-state index in [0.29, 0.717) is 31.9 Å². The monoisotopic (exact) mass is 251 g/mol. The number of phenols is 1. The first-order chi connectivity index (χ1) is 8.66. The van der Waals surface area contributed by atoms with Crippen LogP contribution in [0.4, 0.5) is 5.69 Å². The summed E-state index contributed by atoms with van der Waals surface area (Å²) in [4.78, 5) is 10.1. The molecule has 0 spiro atoms. The quantitative estimate of drug-likeness (QED) is 0.491. The highest BCUT2D eigenvalue weighted by Gasteiger charge is 2.10. The molecule has 0 bridgehead atoms. The standard InChI is InChI=1S/C11H13N3O4/c15-11-2-1-10(14(16)17)7-9(11)8-12-13-3-5-18-6-4-13/h1-2,7-8,15H,3-6H2/b12-8+. The number of benzene rings is 1. The van der Waals surface area contributed by atoms with Crippen molar-refractivity contribution in [3.63, 3.8) is 0 Å². The van der Waals surface area contributed by atoms with E-state index >= 15 is 0 Å². The van der Waals surface area contributed by atoms with Crippen LogP contribution in [0.3, 0.4) is 0 Å². The van der Waals surface area contributed by atoms with Crippen LogP contribution in [0.2, 0.25) is 0 Å². The fourth-order valence-electron chi connectivity index (χ4n) is 1.57. The third-order valence-corrected chi connectivity index (χ3v) is 2.57. The normalized spacial score (nSPS) is 16.1. The number of hydrogen-bond acceptors (Lipinski definition) is 6. The molecule has 0 amide bonds. The van der Waals surface area contributed by atoms with Gasteiger partial charge in [0.25, 0.3) is 5.69 Å². The van der Waals surface area contributed by atoms with E-state index in [1.54, 1.807) is 5.01 Å². The molecular weight excluding hydrogens is 238 g/mol. The Morgan fingerprint density at radius 1 is 1.44 bits per heavy atom. The van der Waals surface area contributed by atoms with Crippen molar-refractivity contribution in [3.05, 3.63) is 33.9 Å². The Labute approximate surface area is 103 Å². The van der Waals surface area contributed by atoms with Gasteiger partial charge in [-0.15, -0.1) is 0 Å². The van der Waals surface area contributed by atoms with E-state index in [1.807, 2.05) is 0 Å². The van der Waals surface area contributed by atoms with Gasteiger partial charge in [0, 0.05) is 17.7 Å². The second-order valence-corrected chi connectivity index (χ2v) is 3.81. The van der Waals surface area contributed by atoms with Crippen LogP contribution < -0.4 is 0 Å². The van der Waals surface area contributed by atoms with Gasteiger partial charge >= 0.3 is 0 Å². The first kappa shape index (κ1) is 12.3. The van der Waals surface area contributed by atoms with E-state index in [4.69, 9.17) is 4.74 Å². The van der Waals surface area contributed by atoms with Crippen LogP contribution in [0, 0.1) is 10.1 Å². The number of phenolic OH excluding ortho intramolecular Hbond substituents is 1. The van der Waals surface area contributed by atoms with Crippen molar-refractivity contribution < 1.29 is 14.8 Å². The van der Waals surface area contributed by atoms with Crippen molar-refractivity contribution >= 4 is 11.9 Å². The van der Waals surface area contributed by atoms with Gasteiger partial charge in [-0.05, 0) is 6.07 Å². The van der Waals surface area contributed by atoms with Crippen LogP contribution in [-0.4, -0.2) is 47.6 Å². The Kier molecular flexibility index (Phi) is 3.73. The van der Waals surface area contributed by atoms with Gasteiger partial charge in [0.1, 0.15) is 5.75 Å². The lowest BCUT2D eigenvalue weighted by molar-refractivity contribution is -0.384. The molecule has 18 heavy (non-hydrogen) atoms. The Bertz CT molecular complexity index is 469. The van der Waals surface area contributed by atoms with Crippen molar-refractivity contribution in [1.82, 2.24) is 5.01 Å². The summed E-state index contributed by atoms with van der Waals surface area (Å²) in [6, 6.07) is 3.83. The molecule has 1 heterocycles. The maximum absolute atomic E-state index is 10.6. The predicted octanol–water partition coefficient (Wildman–Crippen LogP) is 0.966. The Hall–Kier alpha value is -2.15. The third kappa shape index (κ3) is 2.95. The van der Waals surface area contributed by atoms with E-state index in [9.17, 15) is 15.2 Å². The van der Waals surface area contributed by atoms with Gasteiger partial charge in [-0.2, -0.15) is 5.10 Å². The zero-order chi connectivity index (χ0) is 13.0. The molecule has 1 aromatic carbocycles. The number of rotatable bonds is 3. The Morgan fingerprint density at radius 3 is 2.83 bits per heavy atom. The molecule has 96 valence electrons. The van der Waals surface area contributed by atoms with Crippen LogP contribution in [0.25, 0.3) is 0 Å². The van der Waals surface area contributed by atoms with Gasteiger partial charge in [-0.25, -0.2) is 0 Å². The summed E-state index contributed by atoms with van der Waals surface area (Å²) in [5.74, 6) is -0.0300. The number of hydrogen-bond donors (Lipinski definition) is 1. The lowest BCUT2D eigenvalue weighted by Crippen LogP contribution is -2.32. The zero-order valence-electron chi connectivity index (χ0n) is 9.65. The fraction of sp³-hybridized carbons (Fsp3) is 0.364. The molecule has 1 aromatic rings. The number of non-ortho nitro benzene ring substituents is 1. The van der Waals surface area contributed by atoms with Gasteiger partial charge in [-0.3, -0.25) is 15.1 Å². The maximum atomic E-state index is 10.6. The molecule has 0 unspecified atom stereocenters. The molecule has 7 nitrogen and oxygen atoms in total. The predicted molar refractivity (Wildman–Crippen MR) is 64.7 cm³/mol. The highest BCUT2D eigenvalue weighted by atomic mass is 16.6. The number of hydrazone groups is 1. The minimum absolute atomic E-state index is 0.0300. The molecule has 1 N–H and O–H groups in total. The van der Waals surface area contributed by atoms with Crippen LogP contribution >= 0.6 is 0 Å². The highest BCUT2D eigenvalue weighted by Crippen LogP contribution is 2.21. The molecule has 0 radical (unpaired) electrons. The summed E-state index contributed by atoms with van der Waals surface area (Å²) in [5.41, 5.74) is 0.256. The molecular formula is C11H13N3O4. The van der Waals surface area contributed by atoms with Crippen LogP contribution in [0.15, 0.2) is 23.3 Å². The number of nitro benzene ring substituents is 1. The van der Waals surface area contributed by atoms with Crippen molar-refractivity contribution in [2.24, 2.45) is 5.10 Å². The second-order valence-electron chi connectivity index (χ2n) is 3.81. The molecule has 1 aliphatic heterocycles. The minimum Gasteiger partial charge on any atom is -0.507 e. The number of aromatic hydroxyl groups is 1. The second kappa shape index (κ2) is 5.46. The summed E-state index contributed by atoms with van der Waals surface area (Å²) < 4.78 is 5.17. The molecule has 1 fully saturated rings. The summed E-state index contributed by atoms with van der Waals surface area (Å²) in [7, 11) is 0. The number of nitrogens with zero attached hydrogens (tertiary/aromatic N) is 3. The number of nitro groups is 1. The molecule has 2 rings (SSSR count). The van der Waals surface area contributed by atoms with Crippen LogP contribution in [0.5, 0.6) is 5.75 Å². The SMILES string of the molecule is O=[N+]([O-])c1ccc(O)c(/C=N/N2CCOCC2)c1. The molecule has 0 saturated carbocycles. The van der Waals surface area contributed by atoms with E-state index in [2.05, 4.69) is 5.10 Å². The minimum atomic E-state index is -0.508. The molecule has 7 heteroatoms. The average molecular weight is 251 g/mol. The number of ether oxygens (including phenoxy) is 1. The average Bonchev–Trinajstić information content (AvgIpc) is 2.38. The third-order valence-electron chi connectivity index (χ3n) is 2.57. The molecule has 1 aliphatic rings. The summed E-state index contributed by atoms with van der Waals surface area (Å²) in [6.45, 7) is 2.56. The molecule has 0 aromatic heterocycles. The smallest absolute Gasteiger partial charge is 0.270 e. The van der Waals surface area contributed by atoms with Gasteiger partial charge in [0.2, 0.25) is 0 Å². The van der Waals surface area contributed by atoms with E-state index < -0.39 is 4.92 Å². The summed E-state index contributed by atoms with van der Waals surface area (Å²) in [5, 5.41) is 26.2. The lowest BCUT2D eigenvalue weighted by atomic mass is 10.2. The van der Waals surface area contributed by atoms with Crippen LogP contribution in [-0.2, 0) is 4.74 Å². The number of morpholine rings is 1. The van der Waals surface area contributed by atoms with Gasteiger partial charge in [-0.1, -0.05) is 0 Å². The molecule has 1 saturated heterocycles. The highest BCUT2D eigenvalue weighted by molar-refractivity contribution is 5.84. The largest absolute Gasteiger partial charge is 0.507 e.